The molecular weight excluding hydrogens is 310 g/mol. The second-order valence-electron chi connectivity index (χ2n) is 6.07. The predicted molar refractivity (Wildman–Crippen MR) is 91.1 cm³/mol. The van der Waals surface area contributed by atoms with Crippen LogP contribution < -0.4 is 0 Å². The van der Waals surface area contributed by atoms with Gasteiger partial charge < -0.3 is 0 Å². The average Bonchev–Trinajstić information content (AvgIpc) is 2.72. The molecule has 126 valence electrons. The van der Waals surface area contributed by atoms with Crippen LogP contribution in [0.1, 0.15) is 31.7 Å². The summed E-state index contributed by atoms with van der Waals surface area (Å²) in [5, 5.41) is 8.56. The number of benzene rings is 1. The zero-order chi connectivity index (χ0) is 16.7. The lowest BCUT2D eigenvalue weighted by Crippen LogP contribution is -2.37. The van der Waals surface area contributed by atoms with Gasteiger partial charge in [-0.05, 0) is 25.3 Å². The lowest BCUT2D eigenvalue weighted by Gasteiger charge is -2.26. The summed E-state index contributed by atoms with van der Waals surface area (Å²) in [6.07, 6.45) is 1.55. The van der Waals surface area contributed by atoms with E-state index in [1.807, 2.05) is 24.3 Å². The van der Waals surface area contributed by atoms with Gasteiger partial charge >= 0.3 is 0 Å². The summed E-state index contributed by atoms with van der Waals surface area (Å²) < 4.78 is 26.4. The largest absolute Gasteiger partial charge is 0.295 e. The van der Waals surface area contributed by atoms with Crippen molar-refractivity contribution >= 4 is 10.0 Å². The topological polar surface area (TPSA) is 64.4 Å². The first-order valence-electron chi connectivity index (χ1n) is 8.15. The van der Waals surface area contributed by atoms with Gasteiger partial charge in [-0.15, -0.1) is 0 Å². The molecule has 1 saturated heterocycles. The summed E-state index contributed by atoms with van der Waals surface area (Å²) in [5.41, 5.74) is 1.25. The Morgan fingerprint density at radius 1 is 1.22 bits per heavy atom. The highest BCUT2D eigenvalue weighted by Crippen LogP contribution is 2.17. The van der Waals surface area contributed by atoms with Gasteiger partial charge in [0.15, 0.2) is 0 Å². The van der Waals surface area contributed by atoms with Crippen molar-refractivity contribution in [2.45, 2.75) is 38.8 Å². The lowest BCUT2D eigenvalue weighted by molar-refractivity contribution is 0.210. The molecule has 0 unspecified atom stereocenters. The third-order valence-electron chi connectivity index (χ3n) is 4.37. The van der Waals surface area contributed by atoms with Crippen LogP contribution in [0, 0.1) is 11.3 Å². The first kappa shape index (κ1) is 17.9. The molecule has 23 heavy (non-hydrogen) atoms. The molecule has 1 aliphatic rings. The maximum Gasteiger partial charge on any atom is 0.214 e. The Morgan fingerprint density at radius 3 is 2.65 bits per heavy atom. The molecule has 0 N–H and O–H groups in total. The molecule has 2 rings (SSSR count). The minimum atomic E-state index is -3.24. The van der Waals surface area contributed by atoms with Gasteiger partial charge in [-0.3, -0.25) is 4.90 Å². The van der Waals surface area contributed by atoms with Crippen molar-refractivity contribution in [1.29, 1.82) is 5.26 Å². The molecule has 1 atom stereocenters. The summed E-state index contributed by atoms with van der Waals surface area (Å²) in [4.78, 5) is 2.35. The van der Waals surface area contributed by atoms with Gasteiger partial charge in [0, 0.05) is 38.6 Å². The van der Waals surface area contributed by atoms with Crippen LogP contribution in [0.5, 0.6) is 0 Å². The van der Waals surface area contributed by atoms with Crippen LogP contribution in [0.4, 0.5) is 0 Å². The fourth-order valence-corrected chi connectivity index (χ4v) is 4.39. The quantitative estimate of drug-likeness (QED) is 0.748. The van der Waals surface area contributed by atoms with E-state index in [-0.39, 0.29) is 5.75 Å². The van der Waals surface area contributed by atoms with Crippen molar-refractivity contribution in [1.82, 2.24) is 9.21 Å². The van der Waals surface area contributed by atoms with Gasteiger partial charge in [0.1, 0.15) is 0 Å². The Labute approximate surface area is 139 Å². The van der Waals surface area contributed by atoms with Crippen molar-refractivity contribution in [3.63, 3.8) is 0 Å². The Morgan fingerprint density at radius 2 is 1.96 bits per heavy atom. The highest BCUT2D eigenvalue weighted by Gasteiger charge is 2.27. The van der Waals surface area contributed by atoms with E-state index in [0.29, 0.717) is 32.0 Å². The first-order valence-corrected chi connectivity index (χ1v) is 9.76. The Bertz CT molecular complexity index is 625. The summed E-state index contributed by atoms with van der Waals surface area (Å²) in [6, 6.07) is 12.6. The molecule has 0 saturated carbocycles. The van der Waals surface area contributed by atoms with E-state index in [4.69, 9.17) is 5.26 Å². The third kappa shape index (κ3) is 5.31. The second-order valence-corrected chi connectivity index (χ2v) is 8.16. The number of sulfonamides is 1. The van der Waals surface area contributed by atoms with Crippen LogP contribution in [-0.4, -0.2) is 49.1 Å². The Hall–Kier alpha value is -1.42. The molecule has 5 nitrogen and oxygen atoms in total. The standard InChI is InChI=1S/C17H25N3O2S/c1-16-9-11-20(23(21,22)14-6-5-10-18)13-12-19(16)15-17-7-3-2-4-8-17/h2-4,7-8,16H,5-6,9,11-15H2,1H3/t16-/m0/s1. The minimum Gasteiger partial charge on any atom is -0.295 e. The molecule has 0 aliphatic carbocycles. The normalized spacial score (nSPS) is 20.8. The molecule has 0 radical (unpaired) electrons. The zero-order valence-electron chi connectivity index (χ0n) is 13.7. The van der Waals surface area contributed by atoms with E-state index in [1.165, 1.54) is 5.56 Å². The maximum absolute atomic E-state index is 12.4. The smallest absolute Gasteiger partial charge is 0.214 e. The Balaban J connectivity index is 1.96. The van der Waals surface area contributed by atoms with Gasteiger partial charge in [-0.2, -0.15) is 5.26 Å². The Kier molecular flexibility index (Phi) is 6.58. The molecule has 1 aliphatic heterocycles. The molecule has 0 bridgehead atoms. The van der Waals surface area contributed by atoms with Crippen LogP contribution in [0.25, 0.3) is 0 Å². The molecule has 6 heteroatoms. The number of nitrogens with zero attached hydrogens (tertiary/aromatic N) is 3. The number of hydrogen-bond acceptors (Lipinski definition) is 4. The molecule has 0 spiro atoms. The zero-order valence-corrected chi connectivity index (χ0v) is 14.5. The number of rotatable bonds is 6. The molecule has 1 aromatic carbocycles. The molecule has 1 fully saturated rings. The van der Waals surface area contributed by atoms with E-state index in [2.05, 4.69) is 24.0 Å². The van der Waals surface area contributed by atoms with Crippen LogP contribution in [0.3, 0.4) is 0 Å². The van der Waals surface area contributed by atoms with Crippen molar-refractivity contribution in [2.24, 2.45) is 0 Å². The summed E-state index contributed by atoms with van der Waals surface area (Å²) in [5.74, 6) is 0.0770. The SMILES string of the molecule is C[C@H]1CCN(S(=O)(=O)CCCC#N)CCN1Cc1ccccc1. The van der Waals surface area contributed by atoms with Crippen molar-refractivity contribution < 1.29 is 8.42 Å². The van der Waals surface area contributed by atoms with Gasteiger partial charge in [-0.25, -0.2) is 12.7 Å². The van der Waals surface area contributed by atoms with Crippen LogP contribution in [-0.2, 0) is 16.6 Å². The van der Waals surface area contributed by atoms with Crippen LogP contribution in [0.15, 0.2) is 30.3 Å². The molecule has 1 aromatic rings. The lowest BCUT2D eigenvalue weighted by atomic mass is 10.1. The summed E-state index contributed by atoms with van der Waals surface area (Å²) in [6.45, 7) is 4.86. The van der Waals surface area contributed by atoms with E-state index in [0.717, 1.165) is 19.5 Å². The van der Waals surface area contributed by atoms with E-state index < -0.39 is 10.0 Å². The van der Waals surface area contributed by atoms with Crippen molar-refractivity contribution in [2.75, 3.05) is 25.4 Å². The first-order chi connectivity index (χ1) is 11.0. The van der Waals surface area contributed by atoms with Crippen LogP contribution >= 0.6 is 0 Å². The van der Waals surface area contributed by atoms with E-state index >= 15 is 0 Å². The van der Waals surface area contributed by atoms with Crippen LogP contribution in [0.2, 0.25) is 0 Å². The number of nitriles is 1. The fourth-order valence-electron chi connectivity index (χ4n) is 2.88. The van der Waals surface area contributed by atoms with Crippen molar-refractivity contribution in [3.8, 4) is 6.07 Å². The monoisotopic (exact) mass is 335 g/mol. The summed E-state index contributed by atoms with van der Waals surface area (Å²) in [7, 11) is -3.24. The number of unbranched alkanes of at least 4 members (excludes halogenated alkanes) is 1. The summed E-state index contributed by atoms with van der Waals surface area (Å²) >= 11 is 0. The molecule has 0 aromatic heterocycles. The van der Waals surface area contributed by atoms with Gasteiger partial charge in [0.25, 0.3) is 0 Å². The van der Waals surface area contributed by atoms with E-state index in [1.54, 1.807) is 4.31 Å². The minimum absolute atomic E-state index is 0.0770. The van der Waals surface area contributed by atoms with Crippen molar-refractivity contribution in [3.05, 3.63) is 35.9 Å². The molecule has 0 amide bonds. The van der Waals surface area contributed by atoms with Gasteiger partial charge in [0.2, 0.25) is 10.0 Å². The highest BCUT2D eigenvalue weighted by atomic mass is 32.2. The molecular formula is C17H25N3O2S. The predicted octanol–water partition coefficient (Wildman–Crippen LogP) is 2.22. The third-order valence-corrected chi connectivity index (χ3v) is 6.33. The van der Waals surface area contributed by atoms with Gasteiger partial charge in [-0.1, -0.05) is 30.3 Å². The fraction of sp³-hybridized carbons (Fsp3) is 0.588. The van der Waals surface area contributed by atoms with Gasteiger partial charge in [0.05, 0.1) is 11.8 Å². The maximum atomic E-state index is 12.4. The average molecular weight is 335 g/mol. The molecule has 1 heterocycles. The highest BCUT2D eigenvalue weighted by molar-refractivity contribution is 7.89. The number of hydrogen-bond donors (Lipinski definition) is 0. The van der Waals surface area contributed by atoms with E-state index in [9.17, 15) is 8.42 Å². The second kappa shape index (κ2) is 8.44.